The molecule has 1 aliphatic rings. The van der Waals surface area contributed by atoms with Gasteiger partial charge in [-0.15, -0.1) is 0 Å². The van der Waals surface area contributed by atoms with E-state index in [1.54, 1.807) is 18.3 Å². The summed E-state index contributed by atoms with van der Waals surface area (Å²) >= 11 is 18.3. The maximum atomic E-state index is 7.79. The molecule has 0 unspecified atom stereocenters. The molecular weight excluding hydrogens is 357 g/mol. The third-order valence-corrected chi connectivity index (χ3v) is 4.48. The summed E-state index contributed by atoms with van der Waals surface area (Å²) in [7, 11) is 0. The van der Waals surface area contributed by atoms with Crippen LogP contribution in [0.5, 0.6) is 0 Å². The Kier molecular flexibility index (Phi) is 6.18. The molecule has 0 amide bonds. The summed E-state index contributed by atoms with van der Waals surface area (Å²) in [6.45, 7) is 7.53. The third-order valence-electron chi connectivity index (χ3n) is 3.46. The van der Waals surface area contributed by atoms with Gasteiger partial charge >= 0.3 is 0 Å². The molecule has 5 N–H and O–H groups in total. The summed E-state index contributed by atoms with van der Waals surface area (Å²) in [5, 5.41) is 15.2. The predicted molar refractivity (Wildman–Crippen MR) is 98.1 cm³/mol. The predicted octanol–water partition coefficient (Wildman–Crippen LogP) is 2.89. The number of benzene rings is 1. The molecule has 1 heterocycles. The lowest BCUT2D eigenvalue weighted by Gasteiger charge is -2.30. The first-order chi connectivity index (χ1) is 10.9. The summed E-state index contributed by atoms with van der Waals surface area (Å²) in [6.07, 6.45) is 1.60. The second kappa shape index (κ2) is 7.93. The van der Waals surface area contributed by atoms with E-state index in [-0.39, 0.29) is 5.84 Å². The van der Waals surface area contributed by atoms with E-state index in [4.69, 9.17) is 45.9 Å². The van der Waals surface area contributed by atoms with E-state index in [1.807, 2.05) is 0 Å². The second-order valence-corrected chi connectivity index (χ2v) is 6.27. The molecule has 0 radical (unpaired) electrons. The topological polar surface area (TPSA) is 77.2 Å². The molecule has 1 fully saturated rings. The van der Waals surface area contributed by atoms with E-state index in [9.17, 15) is 0 Å². The van der Waals surface area contributed by atoms with Crippen LogP contribution in [0.15, 0.2) is 30.7 Å². The van der Waals surface area contributed by atoms with Crippen molar-refractivity contribution in [2.24, 2.45) is 5.73 Å². The van der Waals surface area contributed by atoms with Gasteiger partial charge < -0.3 is 21.3 Å². The molecule has 0 saturated carbocycles. The van der Waals surface area contributed by atoms with E-state index in [2.05, 4.69) is 22.1 Å². The Morgan fingerprint density at radius 3 is 2.57 bits per heavy atom. The zero-order valence-corrected chi connectivity index (χ0v) is 14.7. The lowest BCUT2D eigenvalue weighted by Crippen LogP contribution is -2.44. The van der Waals surface area contributed by atoms with Gasteiger partial charge in [-0.05, 0) is 12.1 Å². The van der Waals surface area contributed by atoms with Gasteiger partial charge in [0.25, 0.3) is 0 Å². The molecule has 0 aliphatic carbocycles. The Bertz CT molecular complexity index is 651. The Morgan fingerprint density at radius 2 is 1.96 bits per heavy atom. The van der Waals surface area contributed by atoms with E-state index in [0.717, 1.165) is 32.0 Å². The lowest BCUT2D eigenvalue weighted by atomic mass is 10.1. The van der Waals surface area contributed by atoms with Crippen LogP contribution in [0.2, 0.25) is 15.1 Å². The fraction of sp³-hybridized carbons (Fsp3) is 0.267. The fourth-order valence-electron chi connectivity index (χ4n) is 2.23. The molecule has 1 aromatic rings. The summed E-state index contributed by atoms with van der Waals surface area (Å²) in [6, 6.07) is 3.16. The molecule has 124 valence electrons. The highest BCUT2D eigenvalue weighted by atomic mass is 35.5. The van der Waals surface area contributed by atoms with E-state index in [0.29, 0.717) is 26.2 Å². The van der Waals surface area contributed by atoms with Crippen molar-refractivity contribution in [3.05, 3.63) is 51.4 Å². The monoisotopic (exact) mass is 373 g/mol. The van der Waals surface area contributed by atoms with Crippen molar-refractivity contribution in [1.29, 1.82) is 5.41 Å². The minimum absolute atomic E-state index is 0.147. The van der Waals surface area contributed by atoms with Gasteiger partial charge in [0, 0.05) is 48.5 Å². The quantitative estimate of drug-likeness (QED) is 0.363. The molecular formula is C15H18Cl3N5. The molecule has 5 nitrogen and oxygen atoms in total. The number of amidine groups is 1. The van der Waals surface area contributed by atoms with Crippen molar-refractivity contribution in [2.75, 3.05) is 26.2 Å². The van der Waals surface area contributed by atoms with Crippen molar-refractivity contribution >= 4 is 46.2 Å². The Labute approximate surface area is 150 Å². The number of piperazine rings is 1. The minimum atomic E-state index is -0.147. The van der Waals surface area contributed by atoms with E-state index in [1.165, 1.54) is 0 Å². The first-order valence-corrected chi connectivity index (χ1v) is 8.14. The smallest absolute Gasteiger partial charge is 0.124 e. The molecule has 0 bridgehead atoms. The molecule has 0 atom stereocenters. The van der Waals surface area contributed by atoms with Gasteiger partial charge in [0.15, 0.2) is 0 Å². The van der Waals surface area contributed by atoms with Crippen molar-refractivity contribution < 1.29 is 0 Å². The van der Waals surface area contributed by atoms with E-state index >= 15 is 0 Å². The SMILES string of the molecule is C=C(NC=C(C(=N)N)c1cc(Cl)cc(Cl)c1Cl)N1CCNCC1. The zero-order valence-electron chi connectivity index (χ0n) is 12.4. The molecule has 2 rings (SSSR count). The molecule has 23 heavy (non-hydrogen) atoms. The number of nitrogens with zero attached hydrogens (tertiary/aromatic N) is 1. The van der Waals surface area contributed by atoms with Gasteiger partial charge in [-0.3, -0.25) is 5.41 Å². The molecule has 8 heteroatoms. The van der Waals surface area contributed by atoms with Crippen molar-refractivity contribution in [2.45, 2.75) is 0 Å². The highest BCUT2D eigenvalue weighted by molar-refractivity contribution is 6.45. The summed E-state index contributed by atoms with van der Waals surface area (Å²) in [5.74, 6) is 0.584. The van der Waals surface area contributed by atoms with Gasteiger partial charge in [0.1, 0.15) is 5.84 Å². The molecule has 0 aromatic heterocycles. The van der Waals surface area contributed by atoms with Crippen LogP contribution >= 0.6 is 34.8 Å². The lowest BCUT2D eigenvalue weighted by molar-refractivity contribution is 0.288. The fourth-order valence-corrected chi connectivity index (χ4v) is 2.94. The first kappa shape index (κ1) is 17.9. The number of hydrogen-bond donors (Lipinski definition) is 4. The van der Waals surface area contributed by atoms with Gasteiger partial charge in [-0.25, -0.2) is 0 Å². The summed E-state index contributed by atoms with van der Waals surface area (Å²) in [5.41, 5.74) is 6.58. The van der Waals surface area contributed by atoms with Crippen LogP contribution in [0.3, 0.4) is 0 Å². The van der Waals surface area contributed by atoms with Crippen LogP contribution in [0.25, 0.3) is 5.57 Å². The van der Waals surface area contributed by atoms with Crippen LogP contribution in [-0.4, -0.2) is 36.9 Å². The van der Waals surface area contributed by atoms with Crippen LogP contribution < -0.4 is 16.4 Å². The molecule has 1 saturated heterocycles. The number of nitrogens with one attached hydrogen (secondary N) is 3. The summed E-state index contributed by atoms with van der Waals surface area (Å²) < 4.78 is 0. The number of nitrogens with two attached hydrogens (primary N) is 1. The normalized spacial score (nSPS) is 15.4. The molecule has 1 aliphatic heterocycles. The largest absolute Gasteiger partial charge is 0.384 e. The highest BCUT2D eigenvalue weighted by Gasteiger charge is 2.15. The third kappa shape index (κ3) is 4.54. The van der Waals surface area contributed by atoms with Crippen LogP contribution in [0, 0.1) is 5.41 Å². The second-order valence-electron chi connectivity index (χ2n) is 5.05. The van der Waals surface area contributed by atoms with Crippen molar-refractivity contribution in [3.8, 4) is 0 Å². The van der Waals surface area contributed by atoms with Gasteiger partial charge in [-0.1, -0.05) is 41.4 Å². The standard InChI is InChI=1S/C15H18Cl3N5/c1-9(23-4-2-21-3-5-23)22-8-12(15(19)20)11-6-10(16)7-13(17)14(11)18/h6-8,21-22H,1-5H2,(H3,19,20). The Hall–Kier alpha value is -1.40. The number of rotatable bonds is 5. The average Bonchev–Trinajstić information content (AvgIpc) is 2.52. The van der Waals surface area contributed by atoms with Crippen LogP contribution in [0.1, 0.15) is 5.56 Å². The molecule has 0 spiro atoms. The number of hydrogen-bond acceptors (Lipinski definition) is 4. The Morgan fingerprint density at radius 1 is 1.30 bits per heavy atom. The maximum Gasteiger partial charge on any atom is 0.124 e. The zero-order chi connectivity index (χ0) is 17.0. The van der Waals surface area contributed by atoms with Gasteiger partial charge in [0.2, 0.25) is 0 Å². The Balaban J connectivity index is 2.24. The van der Waals surface area contributed by atoms with Crippen LogP contribution in [-0.2, 0) is 0 Å². The number of halogens is 3. The van der Waals surface area contributed by atoms with Crippen molar-refractivity contribution in [1.82, 2.24) is 15.5 Å². The molecule has 1 aromatic carbocycles. The van der Waals surface area contributed by atoms with Crippen molar-refractivity contribution in [3.63, 3.8) is 0 Å². The van der Waals surface area contributed by atoms with Gasteiger partial charge in [-0.2, -0.15) is 0 Å². The van der Waals surface area contributed by atoms with Crippen LogP contribution in [0.4, 0.5) is 0 Å². The average molecular weight is 375 g/mol. The first-order valence-electron chi connectivity index (χ1n) is 7.00. The maximum absolute atomic E-state index is 7.79. The van der Waals surface area contributed by atoms with Gasteiger partial charge in [0.05, 0.1) is 15.9 Å². The summed E-state index contributed by atoms with van der Waals surface area (Å²) in [4.78, 5) is 2.11. The van der Waals surface area contributed by atoms with E-state index < -0.39 is 0 Å². The minimum Gasteiger partial charge on any atom is -0.384 e. The highest BCUT2D eigenvalue weighted by Crippen LogP contribution is 2.33.